The Kier molecular flexibility index (Phi) is 5.74. The molecule has 1 fully saturated rings. The maximum absolute atomic E-state index is 6.32. The van der Waals surface area contributed by atoms with E-state index in [1.807, 2.05) is 12.1 Å². The topological polar surface area (TPSA) is 15.3 Å². The molecule has 1 aliphatic heterocycles. The van der Waals surface area contributed by atoms with E-state index in [9.17, 15) is 0 Å². The maximum Gasteiger partial charge on any atom is 0.0468 e. The van der Waals surface area contributed by atoms with Crippen LogP contribution in [0.3, 0.4) is 0 Å². The van der Waals surface area contributed by atoms with Crippen LogP contribution in [0, 0.1) is 5.92 Å². The minimum Gasteiger partial charge on any atom is -0.314 e. The van der Waals surface area contributed by atoms with Gasteiger partial charge in [-0.25, -0.2) is 0 Å². The van der Waals surface area contributed by atoms with Gasteiger partial charge in [0.25, 0.3) is 0 Å². The number of hydrogen-bond acceptors (Lipinski definition) is 2. The lowest BCUT2D eigenvalue weighted by Gasteiger charge is -2.26. The van der Waals surface area contributed by atoms with Gasteiger partial charge in [0.15, 0.2) is 0 Å². The minimum atomic E-state index is 0.351. The van der Waals surface area contributed by atoms with Crippen molar-refractivity contribution in [2.75, 3.05) is 19.6 Å². The lowest BCUT2D eigenvalue weighted by Crippen LogP contribution is -2.31. The molecule has 1 aliphatic rings. The molecule has 1 N–H and O–H groups in total. The molecule has 2 nitrogen and oxygen atoms in total. The van der Waals surface area contributed by atoms with Crippen molar-refractivity contribution in [1.29, 1.82) is 0 Å². The molecule has 0 spiro atoms. The maximum atomic E-state index is 6.32. The molecule has 20 heavy (non-hydrogen) atoms. The summed E-state index contributed by atoms with van der Waals surface area (Å²) >= 11 is 12.3. The Labute approximate surface area is 132 Å². The first-order chi connectivity index (χ1) is 9.47. The van der Waals surface area contributed by atoms with Crippen molar-refractivity contribution in [2.45, 2.75) is 39.3 Å². The van der Waals surface area contributed by atoms with Crippen LogP contribution in [0.25, 0.3) is 0 Å². The largest absolute Gasteiger partial charge is 0.314 e. The molecule has 0 bridgehead atoms. The molecule has 0 saturated carbocycles. The predicted octanol–water partition coefficient (Wildman–Crippen LogP) is 4.37. The van der Waals surface area contributed by atoms with Gasteiger partial charge in [0.2, 0.25) is 0 Å². The second kappa shape index (κ2) is 7.13. The van der Waals surface area contributed by atoms with Crippen molar-refractivity contribution in [1.82, 2.24) is 10.2 Å². The van der Waals surface area contributed by atoms with E-state index in [-0.39, 0.29) is 0 Å². The van der Waals surface area contributed by atoms with Crippen LogP contribution < -0.4 is 5.32 Å². The van der Waals surface area contributed by atoms with Crippen LogP contribution in [-0.4, -0.2) is 30.6 Å². The number of halogens is 2. The monoisotopic (exact) mass is 314 g/mol. The Balaban J connectivity index is 1.95. The van der Waals surface area contributed by atoms with E-state index in [0.717, 1.165) is 30.6 Å². The molecule has 112 valence electrons. The van der Waals surface area contributed by atoms with Crippen molar-refractivity contribution < 1.29 is 0 Å². The summed E-state index contributed by atoms with van der Waals surface area (Å²) in [6.45, 7) is 10.0. The number of nitrogens with one attached hydrogen (secondary N) is 1. The first kappa shape index (κ1) is 16.1. The molecule has 1 saturated heterocycles. The molecule has 0 radical (unpaired) electrons. The highest BCUT2D eigenvalue weighted by Crippen LogP contribution is 2.32. The quantitative estimate of drug-likeness (QED) is 0.868. The highest BCUT2D eigenvalue weighted by Gasteiger charge is 2.27. The lowest BCUT2D eigenvalue weighted by molar-refractivity contribution is 0.251. The Hall–Kier alpha value is -0.280. The van der Waals surface area contributed by atoms with Crippen molar-refractivity contribution in [3.8, 4) is 0 Å². The van der Waals surface area contributed by atoms with Crippen LogP contribution in [0.5, 0.6) is 0 Å². The van der Waals surface area contributed by atoms with Gasteiger partial charge in [-0.05, 0) is 50.0 Å². The fraction of sp³-hybridized carbons (Fsp3) is 0.625. The number of likely N-dealkylation sites (tertiary alicyclic amines) is 1. The van der Waals surface area contributed by atoms with Gasteiger partial charge >= 0.3 is 0 Å². The summed E-state index contributed by atoms with van der Waals surface area (Å²) in [6.07, 6.45) is 1.26. The third-order valence-electron chi connectivity index (χ3n) is 4.09. The smallest absolute Gasteiger partial charge is 0.0468 e. The minimum absolute atomic E-state index is 0.351. The van der Waals surface area contributed by atoms with Gasteiger partial charge in [0, 0.05) is 28.7 Å². The first-order valence-corrected chi connectivity index (χ1v) is 8.15. The first-order valence-electron chi connectivity index (χ1n) is 7.39. The summed E-state index contributed by atoms with van der Waals surface area (Å²) in [5, 5.41) is 5.01. The zero-order valence-corrected chi connectivity index (χ0v) is 14.0. The van der Waals surface area contributed by atoms with Crippen molar-refractivity contribution >= 4 is 23.2 Å². The van der Waals surface area contributed by atoms with Gasteiger partial charge in [-0.1, -0.05) is 43.1 Å². The molecular weight excluding hydrogens is 291 g/mol. The molecule has 0 amide bonds. The van der Waals surface area contributed by atoms with Gasteiger partial charge in [-0.2, -0.15) is 0 Å². The molecule has 1 aromatic carbocycles. The van der Waals surface area contributed by atoms with Crippen molar-refractivity contribution in [2.24, 2.45) is 5.92 Å². The summed E-state index contributed by atoms with van der Waals surface area (Å²) in [6, 6.07) is 6.72. The van der Waals surface area contributed by atoms with E-state index >= 15 is 0 Å². The Morgan fingerprint density at radius 2 is 2.05 bits per heavy atom. The zero-order valence-electron chi connectivity index (χ0n) is 12.5. The second-order valence-electron chi connectivity index (χ2n) is 6.05. The highest BCUT2D eigenvalue weighted by molar-refractivity contribution is 6.35. The van der Waals surface area contributed by atoms with Gasteiger partial charge < -0.3 is 5.32 Å². The third-order valence-corrected chi connectivity index (χ3v) is 4.65. The Morgan fingerprint density at radius 1 is 1.30 bits per heavy atom. The average molecular weight is 315 g/mol. The normalized spacial score (nSPS) is 21.6. The van der Waals surface area contributed by atoms with Crippen LogP contribution in [-0.2, 0) is 0 Å². The zero-order chi connectivity index (χ0) is 14.7. The van der Waals surface area contributed by atoms with E-state index in [1.165, 1.54) is 12.0 Å². The van der Waals surface area contributed by atoms with Crippen molar-refractivity contribution in [3.63, 3.8) is 0 Å². The number of rotatable bonds is 5. The van der Waals surface area contributed by atoms with E-state index in [4.69, 9.17) is 23.2 Å². The molecule has 0 aromatic heterocycles. The van der Waals surface area contributed by atoms with Crippen LogP contribution in [0.1, 0.15) is 38.8 Å². The average Bonchev–Trinajstić information content (AvgIpc) is 2.84. The van der Waals surface area contributed by atoms with Crippen molar-refractivity contribution in [3.05, 3.63) is 33.8 Å². The number of nitrogens with zero attached hydrogens (tertiary/aromatic N) is 1. The molecule has 1 heterocycles. The van der Waals surface area contributed by atoms with E-state index < -0.39 is 0 Å². The molecular formula is C16H24Cl2N2. The summed E-state index contributed by atoms with van der Waals surface area (Å²) in [5.74, 6) is 0.742. The molecule has 4 heteroatoms. The third kappa shape index (κ3) is 4.11. The lowest BCUT2D eigenvalue weighted by atomic mass is 10.1. The summed E-state index contributed by atoms with van der Waals surface area (Å²) in [5.41, 5.74) is 1.17. The molecule has 2 atom stereocenters. The predicted molar refractivity (Wildman–Crippen MR) is 87.7 cm³/mol. The molecule has 1 aromatic rings. The Morgan fingerprint density at radius 3 is 2.70 bits per heavy atom. The van der Waals surface area contributed by atoms with E-state index in [0.29, 0.717) is 17.1 Å². The van der Waals surface area contributed by atoms with E-state index in [1.54, 1.807) is 0 Å². The SMILES string of the molecule is CC(C)NCC1CCN(C(C)c2ccc(Cl)cc2Cl)C1. The van der Waals surface area contributed by atoms with Crippen LogP contribution in [0.15, 0.2) is 18.2 Å². The Bertz CT molecular complexity index is 448. The fourth-order valence-electron chi connectivity index (χ4n) is 2.82. The van der Waals surface area contributed by atoms with Crippen LogP contribution >= 0.6 is 23.2 Å². The summed E-state index contributed by atoms with van der Waals surface area (Å²) < 4.78 is 0. The van der Waals surface area contributed by atoms with Gasteiger partial charge in [-0.3, -0.25) is 4.90 Å². The molecule has 2 rings (SSSR count). The molecule has 0 aliphatic carbocycles. The summed E-state index contributed by atoms with van der Waals surface area (Å²) in [4.78, 5) is 2.52. The standard InChI is InChI=1S/C16H24Cl2N2/c1-11(2)19-9-13-6-7-20(10-13)12(3)15-5-4-14(17)8-16(15)18/h4-5,8,11-13,19H,6-7,9-10H2,1-3H3. The van der Waals surface area contributed by atoms with Gasteiger partial charge in [0.1, 0.15) is 0 Å². The van der Waals surface area contributed by atoms with Crippen LogP contribution in [0.4, 0.5) is 0 Å². The van der Waals surface area contributed by atoms with Gasteiger partial charge in [0.05, 0.1) is 0 Å². The molecule has 2 unspecified atom stereocenters. The second-order valence-corrected chi connectivity index (χ2v) is 6.90. The van der Waals surface area contributed by atoms with E-state index in [2.05, 4.69) is 37.1 Å². The number of hydrogen-bond donors (Lipinski definition) is 1. The van der Waals surface area contributed by atoms with Crippen LogP contribution in [0.2, 0.25) is 10.0 Å². The number of benzene rings is 1. The fourth-order valence-corrected chi connectivity index (χ4v) is 3.39. The summed E-state index contributed by atoms with van der Waals surface area (Å²) in [7, 11) is 0. The highest BCUT2D eigenvalue weighted by atomic mass is 35.5. The van der Waals surface area contributed by atoms with Gasteiger partial charge in [-0.15, -0.1) is 0 Å².